The van der Waals surface area contributed by atoms with Crippen molar-refractivity contribution in [2.45, 2.75) is 84.0 Å². The maximum atomic E-state index is 11.5. The second-order valence-electron chi connectivity index (χ2n) is 6.03. The molecule has 2 N–H and O–H groups in total. The van der Waals surface area contributed by atoms with Crippen LogP contribution in [0.5, 0.6) is 0 Å². The Morgan fingerprint density at radius 2 is 1.52 bits per heavy atom. The molecule has 0 unspecified atom stereocenters. The molecule has 0 rings (SSSR count). The van der Waals surface area contributed by atoms with Crippen molar-refractivity contribution in [3.8, 4) is 0 Å². The lowest BCUT2D eigenvalue weighted by Crippen LogP contribution is -2.31. The molecule has 4 nitrogen and oxygen atoms in total. The first-order chi connectivity index (χ1) is 11.2. The number of unbranched alkanes of at least 4 members (excludes halogenated alkanes) is 8. The van der Waals surface area contributed by atoms with Gasteiger partial charge >= 0.3 is 0 Å². The minimum atomic E-state index is -0.417. The van der Waals surface area contributed by atoms with Gasteiger partial charge in [0.15, 0.2) is 0 Å². The Morgan fingerprint density at radius 1 is 0.870 bits per heavy atom. The van der Waals surface area contributed by atoms with Crippen LogP contribution in [-0.2, 0) is 9.59 Å². The maximum absolute atomic E-state index is 11.5. The van der Waals surface area contributed by atoms with Gasteiger partial charge in [0.05, 0.1) is 0 Å². The van der Waals surface area contributed by atoms with E-state index in [0.717, 1.165) is 57.8 Å². The van der Waals surface area contributed by atoms with Crippen LogP contribution >= 0.6 is 0 Å². The molecule has 23 heavy (non-hydrogen) atoms. The topological polar surface area (TPSA) is 66.4 Å². The van der Waals surface area contributed by atoms with Crippen LogP contribution in [0.1, 0.15) is 84.0 Å². The third-order valence-corrected chi connectivity index (χ3v) is 3.79. The summed E-state index contributed by atoms with van der Waals surface area (Å²) in [6.45, 7) is 2.97. The van der Waals surface area contributed by atoms with E-state index in [1.165, 1.54) is 12.8 Å². The Bertz CT molecular complexity index is 327. The molecule has 0 heterocycles. The second kappa shape index (κ2) is 17.2. The Labute approximate surface area is 141 Å². The van der Waals surface area contributed by atoms with E-state index in [9.17, 15) is 9.59 Å². The smallest absolute Gasteiger partial charge is 0.287 e. The number of ketones is 1. The predicted molar refractivity (Wildman–Crippen MR) is 95.3 cm³/mol. The highest BCUT2D eigenvalue weighted by Gasteiger charge is 2.11. The fourth-order valence-corrected chi connectivity index (χ4v) is 2.30. The molecule has 0 aliphatic carbocycles. The summed E-state index contributed by atoms with van der Waals surface area (Å²) < 4.78 is 0. The molecule has 0 aliphatic rings. The number of carbonyl (C=O) groups excluding carboxylic acids is 2. The Morgan fingerprint density at radius 3 is 2.17 bits per heavy atom. The fourth-order valence-electron chi connectivity index (χ4n) is 2.30. The molecule has 0 saturated heterocycles. The highest BCUT2D eigenvalue weighted by molar-refractivity contribution is 6.36. The van der Waals surface area contributed by atoms with Crippen LogP contribution in [0.4, 0.5) is 0 Å². The molecule has 0 aliphatic heterocycles. The van der Waals surface area contributed by atoms with Crippen LogP contribution in [0.15, 0.2) is 12.2 Å². The van der Waals surface area contributed by atoms with Crippen LogP contribution in [-0.4, -0.2) is 29.9 Å². The first-order valence-corrected chi connectivity index (χ1v) is 9.29. The summed E-state index contributed by atoms with van der Waals surface area (Å²) in [6, 6.07) is 0. The van der Waals surface area contributed by atoms with Crippen LogP contribution in [0.2, 0.25) is 0 Å². The Hall–Kier alpha value is -1.16. The van der Waals surface area contributed by atoms with Gasteiger partial charge in [-0.05, 0) is 44.9 Å². The molecule has 0 aromatic carbocycles. The van der Waals surface area contributed by atoms with Crippen LogP contribution in [0.25, 0.3) is 0 Å². The van der Waals surface area contributed by atoms with E-state index in [-0.39, 0.29) is 5.78 Å². The van der Waals surface area contributed by atoms with Crippen LogP contribution in [0, 0.1) is 0 Å². The zero-order valence-electron chi connectivity index (χ0n) is 14.8. The summed E-state index contributed by atoms with van der Waals surface area (Å²) >= 11 is 0. The van der Waals surface area contributed by atoms with Gasteiger partial charge in [0.2, 0.25) is 5.78 Å². The Balaban J connectivity index is 3.37. The van der Waals surface area contributed by atoms with Crippen molar-refractivity contribution in [3.63, 3.8) is 0 Å². The van der Waals surface area contributed by atoms with E-state index in [1.807, 2.05) is 0 Å². The SMILES string of the molecule is CCCCCC(=O)C(=O)NCCCC/C=C\CCCCCCO. The first kappa shape index (κ1) is 21.8. The molecule has 0 aromatic rings. The summed E-state index contributed by atoms with van der Waals surface area (Å²) in [5, 5.41) is 11.4. The van der Waals surface area contributed by atoms with Crippen LogP contribution < -0.4 is 5.32 Å². The fraction of sp³-hybridized carbons (Fsp3) is 0.789. The summed E-state index contributed by atoms with van der Waals surface area (Å²) in [5.41, 5.74) is 0. The third kappa shape index (κ3) is 15.5. The third-order valence-electron chi connectivity index (χ3n) is 3.79. The number of aliphatic hydroxyl groups is 1. The molecule has 0 radical (unpaired) electrons. The first-order valence-electron chi connectivity index (χ1n) is 9.29. The van der Waals surface area contributed by atoms with E-state index in [0.29, 0.717) is 19.6 Å². The maximum Gasteiger partial charge on any atom is 0.287 e. The van der Waals surface area contributed by atoms with Gasteiger partial charge in [-0.1, -0.05) is 44.8 Å². The average Bonchev–Trinajstić information content (AvgIpc) is 2.55. The van der Waals surface area contributed by atoms with Crippen molar-refractivity contribution in [3.05, 3.63) is 12.2 Å². The minimum absolute atomic E-state index is 0.278. The van der Waals surface area contributed by atoms with Crippen molar-refractivity contribution < 1.29 is 14.7 Å². The number of rotatable bonds is 16. The van der Waals surface area contributed by atoms with Crippen molar-refractivity contribution in [1.82, 2.24) is 5.32 Å². The predicted octanol–water partition coefficient (Wildman–Crippen LogP) is 3.92. The van der Waals surface area contributed by atoms with Gasteiger partial charge in [-0.25, -0.2) is 0 Å². The minimum Gasteiger partial charge on any atom is -0.396 e. The number of hydrogen-bond donors (Lipinski definition) is 2. The largest absolute Gasteiger partial charge is 0.396 e. The number of allylic oxidation sites excluding steroid dienone is 2. The summed E-state index contributed by atoms with van der Waals surface area (Å²) in [5.74, 6) is -0.695. The number of carbonyl (C=O) groups is 2. The van der Waals surface area contributed by atoms with Crippen molar-refractivity contribution in [2.24, 2.45) is 0 Å². The molecule has 0 atom stereocenters. The molecule has 0 saturated carbocycles. The summed E-state index contributed by atoms with van der Waals surface area (Å²) in [4.78, 5) is 23.0. The molecule has 0 aromatic heterocycles. The quantitative estimate of drug-likeness (QED) is 0.257. The number of hydrogen-bond acceptors (Lipinski definition) is 3. The van der Waals surface area contributed by atoms with Gasteiger partial charge in [-0.3, -0.25) is 9.59 Å². The van der Waals surface area contributed by atoms with E-state index in [4.69, 9.17) is 5.11 Å². The molecule has 0 bridgehead atoms. The normalized spacial score (nSPS) is 11.0. The number of amides is 1. The monoisotopic (exact) mass is 325 g/mol. The van der Waals surface area contributed by atoms with Crippen LogP contribution in [0.3, 0.4) is 0 Å². The van der Waals surface area contributed by atoms with E-state index in [1.54, 1.807) is 0 Å². The lowest BCUT2D eigenvalue weighted by molar-refractivity contribution is -0.138. The summed E-state index contributed by atoms with van der Waals surface area (Å²) in [7, 11) is 0. The number of nitrogens with one attached hydrogen (secondary N) is 1. The zero-order chi connectivity index (χ0) is 17.2. The Kier molecular flexibility index (Phi) is 16.3. The van der Waals surface area contributed by atoms with Gasteiger partial charge in [0.1, 0.15) is 0 Å². The summed E-state index contributed by atoms with van der Waals surface area (Å²) in [6.07, 6.45) is 16.1. The molecule has 0 fully saturated rings. The van der Waals surface area contributed by atoms with Crippen molar-refractivity contribution >= 4 is 11.7 Å². The van der Waals surface area contributed by atoms with Crippen molar-refractivity contribution in [1.29, 1.82) is 0 Å². The molecule has 1 amide bonds. The number of Topliss-reactive ketones (excluding diaryl/α,β-unsaturated/α-hetero) is 1. The number of aliphatic hydroxyl groups excluding tert-OH is 1. The highest BCUT2D eigenvalue weighted by atomic mass is 16.3. The highest BCUT2D eigenvalue weighted by Crippen LogP contribution is 2.04. The molecule has 134 valence electrons. The van der Waals surface area contributed by atoms with E-state index in [2.05, 4.69) is 24.4 Å². The molecular weight excluding hydrogens is 290 g/mol. The van der Waals surface area contributed by atoms with Crippen molar-refractivity contribution in [2.75, 3.05) is 13.2 Å². The average molecular weight is 325 g/mol. The van der Waals surface area contributed by atoms with Gasteiger partial charge in [-0.15, -0.1) is 0 Å². The second-order valence-corrected chi connectivity index (χ2v) is 6.03. The standard InChI is InChI=1S/C19H35NO3/c1-2-3-12-15-18(22)19(23)20-16-13-10-8-6-4-5-7-9-11-14-17-21/h4,6,21H,2-3,5,7-17H2,1H3,(H,20,23)/b6-4-. The lowest BCUT2D eigenvalue weighted by Gasteiger charge is -2.03. The van der Waals surface area contributed by atoms with E-state index >= 15 is 0 Å². The molecule has 0 spiro atoms. The molecular formula is C19H35NO3. The van der Waals surface area contributed by atoms with Gasteiger partial charge in [0.25, 0.3) is 5.91 Å². The molecule has 4 heteroatoms. The zero-order valence-corrected chi connectivity index (χ0v) is 14.8. The lowest BCUT2D eigenvalue weighted by atomic mass is 10.1. The van der Waals surface area contributed by atoms with Gasteiger partial charge < -0.3 is 10.4 Å². The van der Waals surface area contributed by atoms with Gasteiger partial charge in [-0.2, -0.15) is 0 Å². The van der Waals surface area contributed by atoms with E-state index < -0.39 is 5.91 Å². The van der Waals surface area contributed by atoms with Gasteiger partial charge in [0, 0.05) is 19.6 Å².